The Hall–Kier alpha value is -2.35. The number of fused-ring (bicyclic) bond motifs is 1. The van der Waals surface area contributed by atoms with Gasteiger partial charge in [-0.15, -0.1) is 0 Å². The second-order valence-corrected chi connectivity index (χ2v) is 7.70. The smallest absolute Gasteiger partial charge is 0.141 e. The van der Waals surface area contributed by atoms with Crippen molar-refractivity contribution >= 4 is 11.0 Å². The Morgan fingerprint density at radius 1 is 1.08 bits per heavy atom. The lowest BCUT2D eigenvalue weighted by Gasteiger charge is -2.14. The van der Waals surface area contributed by atoms with Gasteiger partial charge in [0.2, 0.25) is 0 Å². The van der Waals surface area contributed by atoms with E-state index in [4.69, 9.17) is 4.98 Å². The van der Waals surface area contributed by atoms with Crippen LogP contribution in [0.5, 0.6) is 0 Å². The lowest BCUT2D eigenvalue weighted by Crippen LogP contribution is -2.05. The van der Waals surface area contributed by atoms with Crippen LogP contribution in [-0.2, 0) is 6.54 Å². The maximum atomic E-state index is 4.94. The first kappa shape index (κ1) is 18.4. The SMILES string of the molecule is CC(C)=CCCC(C)CCn1c(-c2cccc(C)c2)nc2ccccc21. The van der Waals surface area contributed by atoms with Crippen molar-refractivity contribution in [2.45, 2.75) is 53.5 Å². The predicted molar refractivity (Wildman–Crippen MR) is 112 cm³/mol. The standard InChI is InChI=1S/C24H30N2/c1-18(2)9-7-10-19(3)15-16-26-23-14-6-5-13-22(23)25-24(26)21-12-8-11-20(4)17-21/h5-6,8-9,11-14,17,19H,7,10,15-16H2,1-4H3. The van der Waals surface area contributed by atoms with Crippen LogP contribution in [0.2, 0.25) is 0 Å². The average Bonchev–Trinajstić information content (AvgIpc) is 2.98. The van der Waals surface area contributed by atoms with Crippen LogP contribution in [0.15, 0.2) is 60.2 Å². The molecular formula is C24H30N2. The molecule has 0 aliphatic heterocycles. The quantitative estimate of drug-likeness (QED) is 0.431. The van der Waals surface area contributed by atoms with E-state index in [2.05, 4.69) is 86.9 Å². The molecule has 2 aromatic carbocycles. The fourth-order valence-electron chi connectivity index (χ4n) is 3.46. The second kappa shape index (κ2) is 8.35. The molecule has 3 aromatic rings. The maximum Gasteiger partial charge on any atom is 0.141 e. The summed E-state index contributed by atoms with van der Waals surface area (Å²) in [6, 6.07) is 17.1. The number of para-hydroxylation sites is 2. The number of benzene rings is 2. The van der Waals surface area contributed by atoms with Gasteiger partial charge in [-0.25, -0.2) is 4.98 Å². The zero-order chi connectivity index (χ0) is 18.5. The van der Waals surface area contributed by atoms with Crippen molar-refractivity contribution in [3.05, 3.63) is 65.7 Å². The van der Waals surface area contributed by atoms with Gasteiger partial charge >= 0.3 is 0 Å². The number of nitrogens with zero attached hydrogens (tertiary/aromatic N) is 2. The molecule has 0 bridgehead atoms. The predicted octanol–water partition coefficient (Wildman–Crippen LogP) is 6.78. The first-order valence-electron chi connectivity index (χ1n) is 9.70. The molecule has 0 radical (unpaired) electrons. The summed E-state index contributed by atoms with van der Waals surface area (Å²) in [5.41, 5.74) is 6.22. The largest absolute Gasteiger partial charge is 0.324 e. The van der Waals surface area contributed by atoms with Crippen LogP contribution in [0.4, 0.5) is 0 Å². The van der Waals surface area contributed by atoms with Gasteiger partial charge in [-0.3, -0.25) is 0 Å². The zero-order valence-electron chi connectivity index (χ0n) is 16.5. The van der Waals surface area contributed by atoms with Crippen molar-refractivity contribution in [2.75, 3.05) is 0 Å². The third-order valence-corrected chi connectivity index (χ3v) is 4.99. The molecule has 1 aromatic heterocycles. The molecule has 0 fully saturated rings. The first-order chi connectivity index (χ1) is 12.5. The summed E-state index contributed by atoms with van der Waals surface area (Å²) >= 11 is 0. The monoisotopic (exact) mass is 346 g/mol. The molecule has 0 aliphatic carbocycles. The number of hydrogen-bond acceptors (Lipinski definition) is 1. The molecule has 0 N–H and O–H groups in total. The molecule has 1 heterocycles. The van der Waals surface area contributed by atoms with Crippen LogP contribution in [0.1, 0.15) is 45.6 Å². The Bertz CT molecular complexity index is 897. The highest BCUT2D eigenvalue weighted by atomic mass is 15.1. The minimum atomic E-state index is 0.706. The summed E-state index contributed by atoms with van der Waals surface area (Å²) in [6.07, 6.45) is 5.95. The topological polar surface area (TPSA) is 17.8 Å². The molecule has 3 rings (SSSR count). The van der Waals surface area contributed by atoms with E-state index in [0.717, 1.165) is 17.9 Å². The van der Waals surface area contributed by atoms with Crippen molar-refractivity contribution in [3.8, 4) is 11.4 Å². The van der Waals surface area contributed by atoms with Crippen LogP contribution < -0.4 is 0 Å². The molecule has 1 atom stereocenters. The van der Waals surface area contributed by atoms with Gasteiger partial charge in [0, 0.05) is 12.1 Å². The van der Waals surface area contributed by atoms with Gasteiger partial charge in [0.15, 0.2) is 0 Å². The number of rotatable bonds is 7. The first-order valence-corrected chi connectivity index (χ1v) is 9.70. The van der Waals surface area contributed by atoms with E-state index in [1.54, 1.807) is 0 Å². The Balaban J connectivity index is 1.84. The van der Waals surface area contributed by atoms with Crippen LogP contribution in [0.25, 0.3) is 22.4 Å². The number of hydrogen-bond donors (Lipinski definition) is 0. The van der Waals surface area contributed by atoms with Crippen molar-refractivity contribution < 1.29 is 0 Å². The van der Waals surface area contributed by atoms with Crippen molar-refractivity contribution in [3.63, 3.8) is 0 Å². The normalized spacial score (nSPS) is 12.3. The van der Waals surface area contributed by atoms with Gasteiger partial charge in [0.1, 0.15) is 5.82 Å². The molecule has 136 valence electrons. The molecule has 0 amide bonds. The lowest BCUT2D eigenvalue weighted by molar-refractivity contribution is 0.460. The molecule has 0 saturated heterocycles. The Morgan fingerprint density at radius 2 is 1.88 bits per heavy atom. The van der Waals surface area contributed by atoms with Crippen LogP contribution in [0.3, 0.4) is 0 Å². The van der Waals surface area contributed by atoms with E-state index < -0.39 is 0 Å². The number of aryl methyl sites for hydroxylation is 2. The van der Waals surface area contributed by atoms with Gasteiger partial charge in [0.05, 0.1) is 11.0 Å². The molecule has 2 heteroatoms. The van der Waals surface area contributed by atoms with Crippen LogP contribution >= 0.6 is 0 Å². The minimum absolute atomic E-state index is 0.706. The van der Waals surface area contributed by atoms with E-state index in [0.29, 0.717) is 5.92 Å². The molecule has 0 aliphatic rings. The summed E-state index contributed by atoms with van der Waals surface area (Å²) in [4.78, 5) is 4.94. The van der Waals surface area contributed by atoms with Gasteiger partial charge in [-0.2, -0.15) is 0 Å². The van der Waals surface area contributed by atoms with Crippen LogP contribution in [0, 0.1) is 12.8 Å². The third-order valence-electron chi connectivity index (χ3n) is 4.99. The van der Waals surface area contributed by atoms with Gasteiger partial charge in [-0.05, 0) is 64.2 Å². The minimum Gasteiger partial charge on any atom is -0.324 e. The summed E-state index contributed by atoms with van der Waals surface area (Å²) in [5, 5.41) is 0. The molecule has 2 nitrogen and oxygen atoms in total. The van der Waals surface area contributed by atoms with Crippen molar-refractivity contribution in [2.24, 2.45) is 5.92 Å². The average molecular weight is 347 g/mol. The Labute approximate surface area is 157 Å². The molecule has 0 spiro atoms. The van der Waals surface area contributed by atoms with Gasteiger partial charge in [-0.1, -0.05) is 54.5 Å². The van der Waals surface area contributed by atoms with E-state index in [1.807, 2.05) is 0 Å². The third kappa shape index (κ3) is 4.43. The fourth-order valence-corrected chi connectivity index (χ4v) is 3.46. The van der Waals surface area contributed by atoms with Crippen molar-refractivity contribution in [1.29, 1.82) is 0 Å². The van der Waals surface area contributed by atoms with E-state index >= 15 is 0 Å². The molecule has 0 saturated carbocycles. The summed E-state index contributed by atoms with van der Waals surface area (Å²) in [5.74, 6) is 1.79. The number of allylic oxidation sites excluding steroid dienone is 2. The zero-order valence-corrected chi connectivity index (χ0v) is 16.5. The van der Waals surface area contributed by atoms with E-state index in [9.17, 15) is 0 Å². The van der Waals surface area contributed by atoms with Crippen LogP contribution in [-0.4, -0.2) is 9.55 Å². The molecule has 26 heavy (non-hydrogen) atoms. The van der Waals surface area contributed by atoms with Crippen molar-refractivity contribution in [1.82, 2.24) is 9.55 Å². The number of imidazole rings is 1. The maximum absolute atomic E-state index is 4.94. The second-order valence-electron chi connectivity index (χ2n) is 7.70. The summed E-state index contributed by atoms with van der Waals surface area (Å²) < 4.78 is 2.40. The lowest BCUT2D eigenvalue weighted by atomic mass is 10.0. The fraction of sp³-hybridized carbons (Fsp3) is 0.375. The Kier molecular flexibility index (Phi) is 5.92. The Morgan fingerprint density at radius 3 is 2.65 bits per heavy atom. The highest BCUT2D eigenvalue weighted by Crippen LogP contribution is 2.27. The molecule has 1 unspecified atom stereocenters. The number of aromatic nitrogens is 2. The van der Waals surface area contributed by atoms with E-state index in [1.165, 1.54) is 41.5 Å². The highest BCUT2D eigenvalue weighted by molar-refractivity contribution is 5.80. The summed E-state index contributed by atoms with van der Waals surface area (Å²) in [6.45, 7) is 9.87. The van der Waals surface area contributed by atoms with Gasteiger partial charge < -0.3 is 4.57 Å². The molecular weight excluding hydrogens is 316 g/mol. The van der Waals surface area contributed by atoms with Gasteiger partial charge in [0.25, 0.3) is 0 Å². The highest BCUT2D eigenvalue weighted by Gasteiger charge is 2.13. The van der Waals surface area contributed by atoms with E-state index in [-0.39, 0.29) is 0 Å². The summed E-state index contributed by atoms with van der Waals surface area (Å²) in [7, 11) is 0.